The monoisotopic (exact) mass is 522 g/mol. The number of halogens is 3. The third-order valence-corrected chi connectivity index (χ3v) is 7.52. The summed E-state index contributed by atoms with van der Waals surface area (Å²) in [4.78, 5) is 15.3. The zero-order valence-electron chi connectivity index (χ0n) is 19.0. The fraction of sp³-hybridized carbons (Fsp3) is 0.480. The second kappa shape index (κ2) is 7.79. The largest absolute Gasteiger partial charge is 0.443 e. The normalized spacial score (nSPS) is 29.8. The molecular formula is C25H29BrClFN2O2. The Bertz CT molecular complexity index is 1050. The van der Waals surface area contributed by atoms with Crippen LogP contribution in [0.3, 0.4) is 0 Å². The van der Waals surface area contributed by atoms with Crippen LogP contribution in [0.25, 0.3) is 0 Å². The highest BCUT2D eigenvalue weighted by Gasteiger charge is 2.68. The van der Waals surface area contributed by atoms with E-state index in [1.165, 1.54) is 6.07 Å². The predicted octanol–water partition coefficient (Wildman–Crippen LogP) is 5.96. The van der Waals surface area contributed by atoms with Crippen LogP contribution in [-0.4, -0.2) is 28.7 Å². The van der Waals surface area contributed by atoms with Crippen molar-refractivity contribution in [2.45, 2.75) is 70.3 Å². The molecule has 2 fully saturated rings. The minimum Gasteiger partial charge on any atom is -0.443 e. The summed E-state index contributed by atoms with van der Waals surface area (Å²) >= 11 is 9.67. The van der Waals surface area contributed by atoms with Gasteiger partial charge in [-0.2, -0.15) is 0 Å². The minimum absolute atomic E-state index is 0.0112. The molecular weight excluding hydrogens is 495 g/mol. The number of nitrogens with two attached hydrogens (primary N) is 1. The van der Waals surface area contributed by atoms with Crippen LogP contribution in [0.1, 0.15) is 58.1 Å². The van der Waals surface area contributed by atoms with Crippen molar-refractivity contribution in [2.24, 2.45) is 11.1 Å². The highest BCUT2D eigenvalue weighted by atomic mass is 79.9. The summed E-state index contributed by atoms with van der Waals surface area (Å²) in [6.45, 7) is 10.2. The number of nitrogens with zero attached hydrogens (tertiary/aromatic N) is 1. The van der Waals surface area contributed by atoms with Crippen LogP contribution in [0.2, 0.25) is 5.02 Å². The highest BCUT2D eigenvalue weighted by molar-refractivity contribution is 9.10. The number of fused-ring (bicyclic) bond motifs is 1. The molecule has 2 aliphatic heterocycles. The van der Waals surface area contributed by atoms with Gasteiger partial charge in [0.1, 0.15) is 11.9 Å². The minimum atomic E-state index is -1.05. The van der Waals surface area contributed by atoms with Gasteiger partial charge in [0.2, 0.25) is 0 Å². The molecule has 4 atom stereocenters. The number of benzene rings is 2. The summed E-state index contributed by atoms with van der Waals surface area (Å²) in [5.41, 5.74) is 6.53. The van der Waals surface area contributed by atoms with Crippen LogP contribution in [0, 0.1) is 11.2 Å². The maximum Gasteiger partial charge on any atom is 0.325 e. The van der Waals surface area contributed by atoms with E-state index in [0.29, 0.717) is 12.0 Å². The van der Waals surface area contributed by atoms with Crippen molar-refractivity contribution in [3.05, 3.63) is 68.9 Å². The molecule has 0 spiro atoms. The molecule has 2 saturated heterocycles. The molecule has 2 aliphatic rings. The zero-order chi connectivity index (χ0) is 23.6. The van der Waals surface area contributed by atoms with E-state index < -0.39 is 29.0 Å². The van der Waals surface area contributed by atoms with Crippen molar-refractivity contribution in [3.8, 4) is 0 Å². The summed E-state index contributed by atoms with van der Waals surface area (Å²) in [6.07, 6.45) is 0.689. The van der Waals surface area contributed by atoms with E-state index in [2.05, 4.69) is 41.6 Å². The van der Waals surface area contributed by atoms with Crippen LogP contribution in [0.4, 0.5) is 4.39 Å². The van der Waals surface area contributed by atoms with Gasteiger partial charge in [0.15, 0.2) is 5.72 Å². The van der Waals surface area contributed by atoms with E-state index in [-0.39, 0.29) is 22.4 Å². The number of ether oxygens (including phenoxy) is 1. The SMILES string of the molecule is CC(C)(C)C[C@@H]1N2[C@@H](C(=O)OC2(C)C)[C@H](c2cccc(Cl)c2F)[C@@]1(N)c1ccc(Br)cc1. The van der Waals surface area contributed by atoms with Gasteiger partial charge in [-0.25, -0.2) is 9.29 Å². The van der Waals surface area contributed by atoms with E-state index in [4.69, 9.17) is 22.1 Å². The molecule has 2 aromatic rings. The standard InChI is InChI=1S/C25H29BrClFN2O2/c1-23(2,3)13-18-25(29,14-9-11-15(26)12-10-14)19(16-7-6-8-17(27)20(16)28)21-22(31)32-24(4,5)30(18)21/h6-12,18-19,21H,13,29H2,1-5H3/t18-,19-,21+,25+/m0/s1. The lowest BCUT2D eigenvalue weighted by atomic mass is 9.68. The van der Waals surface area contributed by atoms with E-state index >= 15 is 4.39 Å². The number of rotatable bonds is 3. The number of esters is 1. The zero-order valence-corrected chi connectivity index (χ0v) is 21.3. The first-order valence-corrected chi connectivity index (χ1v) is 11.9. The number of hydrogen-bond donors (Lipinski definition) is 1. The van der Waals surface area contributed by atoms with Gasteiger partial charge in [0, 0.05) is 16.4 Å². The van der Waals surface area contributed by atoms with Gasteiger partial charge in [-0.15, -0.1) is 0 Å². The molecule has 2 N–H and O–H groups in total. The molecule has 4 nitrogen and oxygen atoms in total. The van der Waals surface area contributed by atoms with Crippen LogP contribution >= 0.6 is 27.5 Å². The van der Waals surface area contributed by atoms with Gasteiger partial charge in [0.05, 0.1) is 10.6 Å². The van der Waals surface area contributed by atoms with Crippen molar-refractivity contribution in [1.82, 2.24) is 4.90 Å². The summed E-state index contributed by atoms with van der Waals surface area (Å²) < 4.78 is 22.2. The van der Waals surface area contributed by atoms with Crippen LogP contribution in [-0.2, 0) is 15.1 Å². The maximum atomic E-state index is 15.5. The third-order valence-electron chi connectivity index (χ3n) is 6.70. The number of cyclic esters (lactones) is 1. The fourth-order valence-corrected chi connectivity index (χ4v) is 5.96. The predicted molar refractivity (Wildman–Crippen MR) is 128 cm³/mol. The summed E-state index contributed by atoms with van der Waals surface area (Å²) in [5, 5.41) is 0.0112. The lowest BCUT2D eigenvalue weighted by Gasteiger charge is -2.44. The van der Waals surface area contributed by atoms with E-state index in [1.807, 2.05) is 38.1 Å². The van der Waals surface area contributed by atoms with Crippen LogP contribution in [0.5, 0.6) is 0 Å². The molecule has 2 heterocycles. The fourth-order valence-electron chi connectivity index (χ4n) is 5.52. The third kappa shape index (κ3) is 3.69. The lowest BCUT2D eigenvalue weighted by Crippen LogP contribution is -2.56. The van der Waals surface area contributed by atoms with E-state index in [0.717, 1.165) is 10.0 Å². The van der Waals surface area contributed by atoms with Crippen molar-refractivity contribution in [1.29, 1.82) is 0 Å². The first-order valence-electron chi connectivity index (χ1n) is 10.8. The summed E-state index contributed by atoms with van der Waals surface area (Å²) in [6, 6.07) is 11.7. The second-order valence-corrected chi connectivity index (χ2v) is 11.9. The van der Waals surface area contributed by atoms with Gasteiger partial charge in [-0.05, 0) is 55.0 Å². The summed E-state index contributed by atoms with van der Waals surface area (Å²) in [5.74, 6) is -1.60. The first kappa shape index (κ1) is 23.7. The quantitative estimate of drug-likeness (QED) is 0.504. The number of hydrogen-bond acceptors (Lipinski definition) is 4. The Hall–Kier alpha value is -1.47. The molecule has 0 aliphatic carbocycles. The average molecular weight is 524 g/mol. The Morgan fingerprint density at radius 2 is 1.81 bits per heavy atom. The molecule has 32 heavy (non-hydrogen) atoms. The average Bonchev–Trinajstić information content (AvgIpc) is 3.06. The van der Waals surface area contributed by atoms with Crippen molar-refractivity contribution in [2.75, 3.05) is 0 Å². The Balaban J connectivity index is 2.03. The topological polar surface area (TPSA) is 55.6 Å². The first-order chi connectivity index (χ1) is 14.8. The molecule has 0 amide bonds. The Morgan fingerprint density at radius 3 is 2.41 bits per heavy atom. The smallest absolute Gasteiger partial charge is 0.325 e. The van der Waals surface area contributed by atoms with Crippen molar-refractivity contribution < 1.29 is 13.9 Å². The molecule has 0 unspecified atom stereocenters. The summed E-state index contributed by atoms with van der Waals surface area (Å²) in [7, 11) is 0. The van der Waals surface area contributed by atoms with Gasteiger partial charge in [-0.3, -0.25) is 4.79 Å². The van der Waals surface area contributed by atoms with Gasteiger partial charge < -0.3 is 10.5 Å². The van der Waals surface area contributed by atoms with Crippen LogP contribution < -0.4 is 5.73 Å². The molecule has 0 saturated carbocycles. The second-order valence-electron chi connectivity index (χ2n) is 10.6. The Morgan fingerprint density at radius 1 is 1.19 bits per heavy atom. The number of carbonyl (C=O) groups is 1. The van der Waals surface area contributed by atoms with Gasteiger partial charge in [0.25, 0.3) is 0 Å². The lowest BCUT2D eigenvalue weighted by molar-refractivity contribution is -0.152. The number of carbonyl (C=O) groups excluding carboxylic acids is 1. The van der Waals surface area contributed by atoms with Gasteiger partial charge in [-0.1, -0.05) is 72.6 Å². The Kier molecular flexibility index (Phi) is 5.77. The molecule has 4 rings (SSSR count). The van der Waals surface area contributed by atoms with Crippen LogP contribution in [0.15, 0.2) is 46.9 Å². The van der Waals surface area contributed by atoms with Crippen molar-refractivity contribution in [3.63, 3.8) is 0 Å². The molecule has 0 bridgehead atoms. The molecule has 2 aromatic carbocycles. The Labute approximate surface area is 202 Å². The van der Waals surface area contributed by atoms with E-state index in [1.54, 1.807) is 12.1 Å². The molecule has 0 aromatic heterocycles. The molecule has 7 heteroatoms. The highest BCUT2D eigenvalue weighted by Crippen LogP contribution is 2.57. The molecule has 0 radical (unpaired) electrons. The maximum absolute atomic E-state index is 15.5. The van der Waals surface area contributed by atoms with Crippen molar-refractivity contribution >= 4 is 33.5 Å². The van der Waals surface area contributed by atoms with E-state index in [9.17, 15) is 4.79 Å². The molecule has 172 valence electrons. The van der Waals surface area contributed by atoms with Gasteiger partial charge >= 0.3 is 5.97 Å².